The molecule has 0 unspecified atom stereocenters. The van der Waals surface area contributed by atoms with E-state index >= 15 is 0 Å². The highest BCUT2D eigenvalue weighted by Gasteiger charge is 2.13. The standard InChI is InChI=1S/C13H13ClN4O3/c1-3-11-16-12(15-2)7-13(17-11)21-10-6-8(18(19)20)4-5-9(10)14/h4-7H,3H2,1-2H3,(H,15,16,17). The lowest BCUT2D eigenvalue weighted by Gasteiger charge is -2.09. The number of nitro groups is 1. The van der Waals surface area contributed by atoms with Crippen molar-refractivity contribution in [3.63, 3.8) is 0 Å². The molecular formula is C13H13ClN4O3. The quantitative estimate of drug-likeness (QED) is 0.672. The van der Waals surface area contributed by atoms with Crippen LogP contribution in [-0.4, -0.2) is 21.9 Å². The van der Waals surface area contributed by atoms with E-state index in [-0.39, 0.29) is 22.3 Å². The molecule has 0 fully saturated rings. The summed E-state index contributed by atoms with van der Waals surface area (Å²) in [6.07, 6.45) is 0.633. The van der Waals surface area contributed by atoms with Crippen LogP contribution in [0.25, 0.3) is 0 Å². The summed E-state index contributed by atoms with van der Waals surface area (Å²) in [6.45, 7) is 1.92. The molecule has 2 rings (SSSR count). The van der Waals surface area contributed by atoms with Gasteiger partial charge in [0.1, 0.15) is 11.6 Å². The number of aryl methyl sites for hydroxylation is 1. The lowest BCUT2D eigenvalue weighted by Crippen LogP contribution is -2.01. The van der Waals surface area contributed by atoms with Gasteiger partial charge in [0.25, 0.3) is 5.69 Å². The fraction of sp³-hybridized carbons (Fsp3) is 0.231. The highest BCUT2D eigenvalue weighted by Crippen LogP contribution is 2.32. The van der Waals surface area contributed by atoms with Gasteiger partial charge in [-0.1, -0.05) is 18.5 Å². The first-order chi connectivity index (χ1) is 10.0. The number of rotatable bonds is 5. The van der Waals surface area contributed by atoms with Gasteiger partial charge >= 0.3 is 0 Å². The summed E-state index contributed by atoms with van der Waals surface area (Å²) in [7, 11) is 1.73. The maximum atomic E-state index is 10.8. The van der Waals surface area contributed by atoms with Gasteiger partial charge in [0, 0.05) is 25.6 Å². The van der Waals surface area contributed by atoms with Crippen molar-refractivity contribution in [1.29, 1.82) is 0 Å². The molecule has 0 saturated carbocycles. The highest BCUT2D eigenvalue weighted by molar-refractivity contribution is 6.32. The van der Waals surface area contributed by atoms with Gasteiger partial charge in [-0.05, 0) is 6.07 Å². The molecule has 0 aliphatic carbocycles. The number of nitrogens with one attached hydrogen (secondary N) is 1. The fourth-order valence-electron chi connectivity index (χ4n) is 1.61. The van der Waals surface area contributed by atoms with E-state index in [0.717, 1.165) is 0 Å². The lowest BCUT2D eigenvalue weighted by atomic mass is 10.3. The summed E-state index contributed by atoms with van der Waals surface area (Å²) in [5.41, 5.74) is -0.104. The molecule has 0 atom stereocenters. The molecule has 1 aromatic carbocycles. The number of aromatic nitrogens is 2. The second kappa shape index (κ2) is 6.36. The van der Waals surface area contributed by atoms with Crippen LogP contribution in [0, 0.1) is 10.1 Å². The van der Waals surface area contributed by atoms with E-state index in [2.05, 4.69) is 15.3 Å². The topological polar surface area (TPSA) is 90.2 Å². The van der Waals surface area contributed by atoms with Gasteiger partial charge in [0.05, 0.1) is 16.0 Å². The summed E-state index contributed by atoms with van der Waals surface area (Å²) >= 11 is 5.99. The summed E-state index contributed by atoms with van der Waals surface area (Å²) in [4.78, 5) is 18.7. The third-order valence-electron chi connectivity index (χ3n) is 2.66. The summed E-state index contributed by atoms with van der Waals surface area (Å²) in [5.74, 6) is 1.64. The molecular weight excluding hydrogens is 296 g/mol. The Hall–Kier alpha value is -2.41. The van der Waals surface area contributed by atoms with Crippen LogP contribution < -0.4 is 10.1 Å². The Bertz CT molecular complexity index is 656. The first-order valence-corrected chi connectivity index (χ1v) is 6.58. The maximum Gasteiger partial charge on any atom is 0.273 e. The van der Waals surface area contributed by atoms with Crippen LogP contribution in [-0.2, 0) is 6.42 Å². The maximum absolute atomic E-state index is 10.8. The largest absolute Gasteiger partial charge is 0.437 e. The van der Waals surface area contributed by atoms with Crippen molar-refractivity contribution < 1.29 is 9.66 Å². The zero-order chi connectivity index (χ0) is 15.4. The normalized spacial score (nSPS) is 10.2. The van der Waals surface area contributed by atoms with Crippen molar-refractivity contribution in [3.8, 4) is 11.6 Å². The van der Waals surface area contributed by atoms with Crippen molar-refractivity contribution in [2.24, 2.45) is 0 Å². The van der Waals surface area contributed by atoms with Crippen molar-refractivity contribution in [3.05, 3.63) is 45.2 Å². The van der Waals surface area contributed by atoms with Crippen molar-refractivity contribution in [2.75, 3.05) is 12.4 Å². The number of anilines is 1. The van der Waals surface area contributed by atoms with Crippen LogP contribution in [0.15, 0.2) is 24.3 Å². The minimum absolute atomic E-state index is 0.104. The van der Waals surface area contributed by atoms with E-state index < -0.39 is 4.92 Å². The molecule has 1 aromatic heterocycles. The zero-order valence-electron chi connectivity index (χ0n) is 11.5. The van der Waals surface area contributed by atoms with E-state index in [1.54, 1.807) is 13.1 Å². The minimum atomic E-state index is -0.514. The summed E-state index contributed by atoms with van der Waals surface area (Å²) in [6, 6.07) is 5.57. The van der Waals surface area contributed by atoms with E-state index in [4.69, 9.17) is 16.3 Å². The average Bonchev–Trinajstić information content (AvgIpc) is 2.48. The number of hydrogen-bond acceptors (Lipinski definition) is 6. The SMILES string of the molecule is CCc1nc(NC)cc(Oc2cc([N+](=O)[O-])ccc2Cl)n1. The van der Waals surface area contributed by atoms with Crippen LogP contribution in [0.4, 0.5) is 11.5 Å². The molecule has 0 radical (unpaired) electrons. The number of hydrogen-bond donors (Lipinski definition) is 1. The van der Waals surface area contributed by atoms with Crippen LogP contribution >= 0.6 is 11.6 Å². The van der Waals surface area contributed by atoms with E-state index in [1.165, 1.54) is 18.2 Å². The molecule has 0 bridgehead atoms. The third-order valence-corrected chi connectivity index (χ3v) is 2.97. The molecule has 1 heterocycles. The van der Waals surface area contributed by atoms with Gasteiger partial charge in [-0.3, -0.25) is 10.1 Å². The molecule has 1 N–H and O–H groups in total. The first-order valence-electron chi connectivity index (χ1n) is 6.21. The van der Waals surface area contributed by atoms with Crippen LogP contribution in [0.2, 0.25) is 5.02 Å². The van der Waals surface area contributed by atoms with Gasteiger partial charge < -0.3 is 10.1 Å². The van der Waals surface area contributed by atoms with Crippen LogP contribution in [0.3, 0.4) is 0 Å². The molecule has 0 saturated heterocycles. The highest BCUT2D eigenvalue weighted by atomic mass is 35.5. The Labute approximate surface area is 126 Å². The summed E-state index contributed by atoms with van der Waals surface area (Å²) in [5, 5.41) is 14.0. The van der Waals surface area contributed by atoms with Crippen molar-refractivity contribution >= 4 is 23.1 Å². The first kappa shape index (κ1) is 15.0. The zero-order valence-corrected chi connectivity index (χ0v) is 12.2. The second-order valence-electron chi connectivity index (χ2n) is 4.09. The predicted molar refractivity (Wildman–Crippen MR) is 79.1 cm³/mol. The van der Waals surface area contributed by atoms with Gasteiger partial charge in [0.15, 0.2) is 5.75 Å². The number of halogens is 1. The number of benzene rings is 1. The Kier molecular flexibility index (Phi) is 4.54. The smallest absolute Gasteiger partial charge is 0.273 e. The van der Waals surface area contributed by atoms with E-state index in [1.807, 2.05) is 6.92 Å². The summed E-state index contributed by atoms with van der Waals surface area (Å²) < 4.78 is 5.56. The van der Waals surface area contributed by atoms with Crippen molar-refractivity contribution in [1.82, 2.24) is 9.97 Å². The average molecular weight is 309 g/mol. The molecule has 2 aromatic rings. The van der Waals surface area contributed by atoms with E-state index in [9.17, 15) is 10.1 Å². The molecule has 0 aliphatic rings. The number of nitro benzene ring substituents is 1. The number of ether oxygens (including phenoxy) is 1. The monoisotopic (exact) mass is 308 g/mol. The second-order valence-corrected chi connectivity index (χ2v) is 4.49. The lowest BCUT2D eigenvalue weighted by molar-refractivity contribution is -0.384. The Morgan fingerprint density at radius 2 is 2.14 bits per heavy atom. The predicted octanol–water partition coefficient (Wildman–Crippen LogP) is 3.43. The third kappa shape index (κ3) is 3.57. The molecule has 7 nitrogen and oxygen atoms in total. The van der Waals surface area contributed by atoms with Crippen LogP contribution in [0.5, 0.6) is 11.6 Å². The molecule has 0 amide bonds. The van der Waals surface area contributed by atoms with E-state index in [0.29, 0.717) is 18.1 Å². The van der Waals surface area contributed by atoms with Crippen LogP contribution in [0.1, 0.15) is 12.7 Å². The Balaban J connectivity index is 2.37. The number of non-ortho nitro benzene ring substituents is 1. The Morgan fingerprint density at radius 1 is 1.38 bits per heavy atom. The fourth-order valence-corrected chi connectivity index (χ4v) is 1.76. The van der Waals surface area contributed by atoms with Gasteiger partial charge in [0.2, 0.25) is 5.88 Å². The molecule has 21 heavy (non-hydrogen) atoms. The minimum Gasteiger partial charge on any atom is -0.437 e. The number of nitrogens with zero attached hydrogens (tertiary/aromatic N) is 3. The van der Waals surface area contributed by atoms with Gasteiger partial charge in [-0.2, -0.15) is 4.98 Å². The molecule has 110 valence electrons. The Morgan fingerprint density at radius 3 is 2.76 bits per heavy atom. The molecule has 0 spiro atoms. The molecule has 0 aliphatic heterocycles. The van der Waals surface area contributed by atoms with Crippen molar-refractivity contribution in [2.45, 2.75) is 13.3 Å². The van der Waals surface area contributed by atoms with Gasteiger partial charge in [-0.15, -0.1) is 0 Å². The van der Waals surface area contributed by atoms with Gasteiger partial charge in [-0.25, -0.2) is 4.98 Å². The molecule has 8 heteroatoms.